The van der Waals surface area contributed by atoms with Crippen LogP contribution < -0.4 is 10.6 Å². The van der Waals surface area contributed by atoms with Crippen molar-refractivity contribution in [3.63, 3.8) is 0 Å². The summed E-state index contributed by atoms with van der Waals surface area (Å²) < 4.78 is 6.13. The summed E-state index contributed by atoms with van der Waals surface area (Å²) in [6, 6.07) is 14.9. The second-order valence-corrected chi connectivity index (χ2v) is 8.35. The van der Waals surface area contributed by atoms with Crippen molar-refractivity contribution in [3.8, 4) is 0 Å². The molecule has 0 spiro atoms. The molecule has 0 saturated heterocycles. The molecule has 0 fully saturated rings. The molecule has 1 aliphatic heterocycles. The molecule has 0 bridgehead atoms. The predicted octanol–water partition coefficient (Wildman–Crippen LogP) is 5.04. The normalized spacial score (nSPS) is 22.3. The zero-order chi connectivity index (χ0) is 19.5. The fourth-order valence-corrected chi connectivity index (χ4v) is 4.52. The van der Waals surface area contributed by atoms with Gasteiger partial charge in [-0.2, -0.15) is 0 Å². The summed E-state index contributed by atoms with van der Waals surface area (Å²) >= 11 is 3.52. The summed E-state index contributed by atoms with van der Waals surface area (Å²) in [4.78, 5) is 12.5. The number of hydrogen-bond donors (Lipinski definition) is 2. The molecule has 2 N–H and O–H groups in total. The van der Waals surface area contributed by atoms with Crippen molar-refractivity contribution in [1.29, 1.82) is 0 Å². The lowest BCUT2D eigenvalue weighted by Crippen LogP contribution is -2.30. The third-order valence-corrected chi connectivity index (χ3v) is 6.19. The summed E-state index contributed by atoms with van der Waals surface area (Å²) in [5.74, 6) is 0.785. The fourth-order valence-electron chi connectivity index (χ4n) is 4.26. The molecule has 3 unspecified atom stereocenters. The first-order valence-corrected chi connectivity index (χ1v) is 10.6. The highest BCUT2D eigenvalue weighted by molar-refractivity contribution is 9.10. The van der Waals surface area contributed by atoms with Gasteiger partial charge in [0.25, 0.3) is 5.91 Å². The molecule has 0 saturated carbocycles. The van der Waals surface area contributed by atoms with Crippen molar-refractivity contribution < 1.29 is 9.53 Å². The number of carbonyl (C=O) groups excluding carboxylic acids is 1. The first-order valence-electron chi connectivity index (χ1n) is 9.77. The van der Waals surface area contributed by atoms with E-state index < -0.39 is 0 Å². The number of nitrogens with one attached hydrogen (secondary N) is 2. The van der Waals surface area contributed by atoms with Gasteiger partial charge in [0.2, 0.25) is 0 Å². The first-order chi connectivity index (χ1) is 13.7. The lowest BCUT2D eigenvalue weighted by atomic mass is 9.76. The van der Waals surface area contributed by atoms with Gasteiger partial charge in [-0.05, 0) is 60.2 Å². The lowest BCUT2D eigenvalue weighted by molar-refractivity contribution is 0.0948. The number of carbonyl (C=O) groups is 1. The maximum Gasteiger partial charge on any atom is 0.251 e. The van der Waals surface area contributed by atoms with E-state index in [2.05, 4.69) is 69.0 Å². The van der Waals surface area contributed by atoms with Gasteiger partial charge in [-0.1, -0.05) is 40.2 Å². The van der Waals surface area contributed by atoms with Crippen LogP contribution in [0.5, 0.6) is 0 Å². The number of ether oxygens (including phenoxy) is 1. The largest absolute Gasteiger partial charge is 0.385 e. The zero-order valence-electron chi connectivity index (χ0n) is 16.0. The smallest absolute Gasteiger partial charge is 0.251 e. The Bertz CT molecular complexity index is 879. The highest BCUT2D eigenvalue weighted by Crippen LogP contribution is 2.49. The molecule has 2 aromatic rings. The van der Waals surface area contributed by atoms with E-state index in [0.29, 0.717) is 25.0 Å². The number of anilines is 1. The van der Waals surface area contributed by atoms with Gasteiger partial charge in [0.1, 0.15) is 0 Å². The molecule has 4 rings (SSSR count). The molecular formula is C23H25BrN2O2. The maximum absolute atomic E-state index is 12.5. The minimum Gasteiger partial charge on any atom is -0.385 e. The van der Waals surface area contributed by atoms with E-state index >= 15 is 0 Å². The van der Waals surface area contributed by atoms with Gasteiger partial charge in [-0.3, -0.25) is 4.79 Å². The van der Waals surface area contributed by atoms with Crippen molar-refractivity contribution >= 4 is 27.5 Å². The lowest BCUT2D eigenvalue weighted by Gasteiger charge is -2.37. The van der Waals surface area contributed by atoms with Crippen LogP contribution in [0.15, 0.2) is 59.1 Å². The van der Waals surface area contributed by atoms with Gasteiger partial charge >= 0.3 is 0 Å². The number of rotatable bonds is 6. The van der Waals surface area contributed by atoms with Crippen molar-refractivity contribution in [2.24, 2.45) is 5.92 Å². The summed E-state index contributed by atoms with van der Waals surface area (Å²) in [6.45, 7) is 1.28. The van der Waals surface area contributed by atoms with E-state index in [0.717, 1.165) is 28.6 Å². The van der Waals surface area contributed by atoms with Crippen LogP contribution >= 0.6 is 15.9 Å². The van der Waals surface area contributed by atoms with Crippen LogP contribution in [0, 0.1) is 5.92 Å². The Balaban J connectivity index is 1.56. The summed E-state index contributed by atoms with van der Waals surface area (Å²) in [5.41, 5.74) is 4.36. The average Bonchev–Trinajstić information content (AvgIpc) is 3.21. The Morgan fingerprint density at radius 1 is 1.25 bits per heavy atom. The molecule has 2 aromatic carbocycles. The fraction of sp³-hybridized carbons (Fsp3) is 0.348. The number of allylic oxidation sites excluding steroid dienone is 2. The van der Waals surface area contributed by atoms with E-state index in [1.165, 1.54) is 11.1 Å². The van der Waals surface area contributed by atoms with Gasteiger partial charge in [-0.15, -0.1) is 0 Å². The SMILES string of the molecule is COCCCNC(=O)c1ccc2c(c1)C1C=CCC1C(c1ccc(Br)cc1)N2. The van der Waals surface area contributed by atoms with E-state index in [9.17, 15) is 4.79 Å². The van der Waals surface area contributed by atoms with Gasteiger partial charge in [0, 0.05) is 41.9 Å². The number of benzene rings is 2. The zero-order valence-corrected chi connectivity index (χ0v) is 17.5. The molecular weight excluding hydrogens is 416 g/mol. The molecule has 28 heavy (non-hydrogen) atoms. The molecule has 1 amide bonds. The molecule has 2 aliphatic rings. The Hall–Kier alpha value is -2.11. The Morgan fingerprint density at radius 2 is 2.07 bits per heavy atom. The number of fused-ring (bicyclic) bond motifs is 3. The van der Waals surface area contributed by atoms with E-state index in [-0.39, 0.29) is 11.9 Å². The van der Waals surface area contributed by atoms with E-state index in [1.54, 1.807) is 7.11 Å². The average molecular weight is 441 g/mol. The van der Waals surface area contributed by atoms with Crippen LogP contribution in [0.4, 0.5) is 5.69 Å². The van der Waals surface area contributed by atoms with Gasteiger partial charge < -0.3 is 15.4 Å². The second kappa shape index (κ2) is 8.50. The first kappa shape index (κ1) is 19.2. The standard InChI is InChI=1S/C23H25BrN2O2/c1-28-13-3-12-25-23(27)16-8-11-21-20(14-16)18-4-2-5-19(18)22(26-21)15-6-9-17(24)10-7-15/h2,4,6-11,14,18-19,22,26H,3,5,12-13H2,1H3,(H,25,27). The third kappa shape index (κ3) is 3.87. The van der Waals surface area contributed by atoms with Crippen LogP contribution in [-0.2, 0) is 4.74 Å². The minimum absolute atomic E-state index is 0.0209. The van der Waals surface area contributed by atoms with Crippen molar-refractivity contribution in [1.82, 2.24) is 5.32 Å². The van der Waals surface area contributed by atoms with Crippen LogP contribution in [0.1, 0.15) is 46.3 Å². The second-order valence-electron chi connectivity index (χ2n) is 7.43. The summed E-state index contributed by atoms with van der Waals surface area (Å²) in [6.07, 6.45) is 6.44. The molecule has 5 heteroatoms. The summed E-state index contributed by atoms with van der Waals surface area (Å²) in [7, 11) is 1.67. The molecule has 0 aromatic heterocycles. The number of halogens is 1. The van der Waals surface area contributed by atoms with Crippen LogP contribution in [0.3, 0.4) is 0 Å². The predicted molar refractivity (Wildman–Crippen MR) is 116 cm³/mol. The summed E-state index contributed by atoms with van der Waals surface area (Å²) in [5, 5.41) is 6.71. The third-order valence-electron chi connectivity index (χ3n) is 5.66. The van der Waals surface area contributed by atoms with Crippen molar-refractivity contribution in [3.05, 3.63) is 75.8 Å². The van der Waals surface area contributed by atoms with Crippen molar-refractivity contribution in [2.45, 2.75) is 24.8 Å². The Labute approximate surface area is 174 Å². The molecule has 4 nitrogen and oxygen atoms in total. The van der Waals surface area contributed by atoms with E-state index in [1.807, 2.05) is 12.1 Å². The van der Waals surface area contributed by atoms with Crippen LogP contribution in [0.2, 0.25) is 0 Å². The number of hydrogen-bond acceptors (Lipinski definition) is 3. The topological polar surface area (TPSA) is 50.4 Å². The van der Waals surface area contributed by atoms with E-state index in [4.69, 9.17) is 4.74 Å². The number of amides is 1. The minimum atomic E-state index is -0.0209. The van der Waals surface area contributed by atoms with Gasteiger partial charge in [-0.25, -0.2) is 0 Å². The monoisotopic (exact) mass is 440 g/mol. The van der Waals surface area contributed by atoms with Crippen LogP contribution in [-0.4, -0.2) is 26.2 Å². The Kier molecular flexibility index (Phi) is 5.83. The molecule has 0 radical (unpaired) electrons. The Morgan fingerprint density at radius 3 is 2.86 bits per heavy atom. The van der Waals surface area contributed by atoms with Gasteiger partial charge in [0.05, 0.1) is 6.04 Å². The highest BCUT2D eigenvalue weighted by atomic mass is 79.9. The number of methoxy groups -OCH3 is 1. The molecule has 3 atom stereocenters. The molecule has 1 aliphatic carbocycles. The quantitative estimate of drug-likeness (QED) is 0.488. The molecule has 1 heterocycles. The highest BCUT2D eigenvalue weighted by Gasteiger charge is 2.38. The van der Waals surface area contributed by atoms with Gasteiger partial charge in [0.15, 0.2) is 0 Å². The van der Waals surface area contributed by atoms with Crippen molar-refractivity contribution in [2.75, 3.05) is 25.6 Å². The molecule has 146 valence electrons. The van der Waals surface area contributed by atoms with Crippen LogP contribution in [0.25, 0.3) is 0 Å². The maximum atomic E-state index is 12.5.